The third-order valence-corrected chi connectivity index (χ3v) is 7.05. The highest BCUT2D eigenvalue weighted by molar-refractivity contribution is 7.92. The molecule has 2 aromatic carbocycles. The Bertz CT molecular complexity index is 849. The van der Waals surface area contributed by atoms with Crippen LogP contribution in [-0.4, -0.2) is 18.7 Å². The van der Waals surface area contributed by atoms with Gasteiger partial charge in [0.25, 0.3) is 0 Å². The molecule has 0 heterocycles. The van der Waals surface area contributed by atoms with E-state index in [1.807, 2.05) is 12.1 Å². The molecule has 2 aromatic rings. The molecule has 1 aliphatic rings. The molecule has 0 bridgehead atoms. The predicted molar refractivity (Wildman–Crippen MR) is 96.9 cm³/mol. The summed E-state index contributed by atoms with van der Waals surface area (Å²) in [4.78, 5) is 0.442. The van der Waals surface area contributed by atoms with Gasteiger partial charge in [0.2, 0.25) is 0 Å². The lowest BCUT2D eigenvalue weighted by molar-refractivity contribution is 0.593. The molecule has 1 saturated carbocycles. The van der Waals surface area contributed by atoms with Crippen molar-refractivity contribution in [3.05, 3.63) is 64.1 Å². The van der Waals surface area contributed by atoms with Gasteiger partial charge in [0.1, 0.15) is 0 Å². The SMILES string of the molecule is NC(=S)[C@@H]1[C@H](c2ccc(Cl)cc2)[C@H]1S(=O)(=O)c1ccc(Cl)cc1. The molecule has 0 aliphatic heterocycles. The van der Waals surface area contributed by atoms with E-state index in [9.17, 15) is 8.42 Å². The quantitative estimate of drug-likeness (QED) is 0.812. The van der Waals surface area contributed by atoms with Gasteiger partial charge in [-0.25, -0.2) is 8.42 Å². The number of sulfone groups is 1. The molecule has 0 spiro atoms. The van der Waals surface area contributed by atoms with Gasteiger partial charge in [-0.05, 0) is 42.0 Å². The first-order valence-corrected chi connectivity index (χ1v) is 9.57. The lowest BCUT2D eigenvalue weighted by Gasteiger charge is -2.04. The summed E-state index contributed by atoms with van der Waals surface area (Å²) in [5.41, 5.74) is 6.63. The summed E-state index contributed by atoms with van der Waals surface area (Å²) in [6, 6.07) is 13.2. The largest absolute Gasteiger partial charge is 0.393 e. The highest BCUT2D eigenvalue weighted by atomic mass is 35.5. The van der Waals surface area contributed by atoms with Crippen molar-refractivity contribution < 1.29 is 8.42 Å². The number of hydrogen-bond acceptors (Lipinski definition) is 3. The molecule has 0 aromatic heterocycles. The molecule has 0 radical (unpaired) electrons. The summed E-state index contributed by atoms with van der Waals surface area (Å²) in [5.74, 6) is -0.614. The van der Waals surface area contributed by atoms with Crippen molar-refractivity contribution in [1.82, 2.24) is 0 Å². The number of thiocarbonyl (C=S) groups is 1. The summed E-state index contributed by atoms with van der Waals surface area (Å²) in [5, 5.41) is 0.431. The number of benzene rings is 2. The normalized spacial score (nSPS) is 23.5. The Morgan fingerprint density at radius 3 is 1.91 bits per heavy atom. The van der Waals surface area contributed by atoms with Gasteiger partial charge in [-0.2, -0.15) is 0 Å². The van der Waals surface area contributed by atoms with Crippen molar-refractivity contribution >= 4 is 50.2 Å². The lowest BCUT2D eigenvalue weighted by Crippen LogP contribution is -2.17. The molecule has 2 N–H and O–H groups in total. The van der Waals surface area contributed by atoms with Crippen molar-refractivity contribution in [2.24, 2.45) is 11.7 Å². The summed E-state index contributed by atoms with van der Waals surface area (Å²) < 4.78 is 25.8. The van der Waals surface area contributed by atoms with E-state index in [1.54, 1.807) is 24.3 Å². The Kier molecular flexibility index (Phi) is 4.40. The van der Waals surface area contributed by atoms with E-state index in [1.165, 1.54) is 12.1 Å². The van der Waals surface area contributed by atoms with Crippen molar-refractivity contribution in [2.75, 3.05) is 0 Å². The molecule has 23 heavy (non-hydrogen) atoms. The van der Waals surface area contributed by atoms with Crippen LogP contribution in [0.3, 0.4) is 0 Å². The van der Waals surface area contributed by atoms with Crippen molar-refractivity contribution in [2.45, 2.75) is 16.1 Å². The number of nitrogens with two attached hydrogens (primary N) is 1. The molecule has 0 amide bonds. The van der Waals surface area contributed by atoms with Crippen LogP contribution in [0.15, 0.2) is 53.4 Å². The maximum atomic E-state index is 12.9. The number of halogens is 2. The van der Waals surface area contributed by atoms with E-state index in [2.05, 4.69) is 0 Å². The van der Waals surface area contributed by atoms with Gasteiger partial charge in [0.05, 0.1) is 15.1 Å². The molecule has 3 nitrogen and oxygen atoms in total. The van der Waals surface area contributed by atoms with Crippen LogP contribution >= 0.6 is 35.4 Å². The Labute approximate surface area is 150 Å². The van der Waals surface area contributed by atoms with Crippen molar-refractivity contribution in [3.63, 3.8) is 0 Å². The molecule has 3 rings (SSSR count). The lowest BCUT2D eigenvalue weighted by atomic mass is 10.1. The third-order valence-electron chi connectivity index (χ3n) is 4.04. The molecular weight excluding hydrogens is 373 g/mol. The van der Waals surface area contributed by atoms with Crippen LogP contribution in [-0.2, 0) is 9.84 Å². The zero-order chi connectivity index (χ0) is 16.8. The van der Waals surface area contributed by atoms with E-state index in [0.717, 1.165) is 5.56 Å². The van der Waals surface area contributed by atoms with E-state index >= 15 is 0 Å². The molecule has 0 saturated heterocycles. The van der Waals surface area contributed by atoms with Crippen LogP contribution in [0.5, 0.6) is 0 Å². The van der Waals surface area contributed by atoms with Gasteiger partial charge in [0, 0.05) is 21.9 Å². The highest BCUT2D eigenvalue weighted by Crippen LogP contribution is 2.54. The average molecular weight is 386 g/mol. The number of hydrogen-bond donors (Lipinski definition) is 1. The fourth-order valence-electron chi connectivity index (χ4n) is 2.87. The topological polar surface area (TPSA) is 60.2 Å². The van der Waals surface area contributed by atoms with Gasteiger partial charge >= 0.3 is 0 Å². The van der Waals surface area contributed by atoms with Gasteiger partial charge in [-0.3, -0.25) is 0 Å². The second kappa shape index (κ2) is 6.06. The summed E-state index contributed by atoms with van der Waals surface area (Å²) in [7, 11) is -3.54. The number of rotatable bonds is 4. The first kappa shape index (κ1) is 16.7. The average Bonchev–Trinajstić information content (AvgIpc) is 3.25. The predicted octanol–water partition coefficient (Wildman–Crippen LogP) is 3.84. The minimum Gasteiger partial charge on any atom is -0.393 e. The van der Waals surface area contributed by atoms with E-state index in [4.69, 9.17) is 41.2 Å². The van der Waals surface area contributed by atoms with Crippen LogP contribution in [0.2, 0.25) is 10.0 Å². The summed E-state index contributed by atoms with van der Waals surface area (Å²) in [6.45, 7) is 0. The van der Waals surface area contributed by atoms with Crippen LogP contribution in [0.1, 0.15) is 11.5 Å². The van der Waals surface area contributed by atoms with Gasteiger partial charge < -0.3 is 5.73 Å². The molecule has 3 atom stereocenters. The Hall–Kier alpha value is -1.14. The van der Waals surface area contributed by atoms with Crippen LogP contribution in [0.25, 0.3) is 0 Å². The van der Waals surface area contributed by atoms with Crippen LogP contribution in [0, 0.1) is 5.92 Å². The van der Waals surface area contributed by atoms with Crippen molar-refractivity contribution in [1.29, 1.82) is 0 Å². The minimum absolute atomic E-state index is 0.215. The molecule has 7 heteroatoms. The fraction of sp³-hybridized carbons (Fsp3) is 0.188. The standard InChI is InChI=1S/C16H13Cl2NO2S2/c17-10-3-1-9(2-4-10)13-14(16(19)22)15(13)23(20,21)12-7-5-11(18)6-8-12/h1-8,13-15H,(H2,19,22)/t13-,14+,15+/m0/s1. The van der Waals surface area contributed by atoms with Gasteiger partial charge in [-0.1, -0.05) is 47.6 Å². The van der Waals surface area contributed by atoms with Crippen molar-refractivity contribution in [3.8, 4) is 0 Å². The molecule has 1 fully saturated rings. The summed E-state index contributed by atoms with van der Waals surface area (Å²) >= 11 is 16.8. The van der Waals surface area contributed by atoms with Gasteiger partial charge in [0.15, 0.2) is 9.84 Å². The fourth-order valence-corrected chi connectivity index (χ4v) is 5.66. The molecule has 120 valence electrons. The zero-order valence-electron chi connectivity index (χ0n) is 11.8. The highest BCUT2D eigenvalue weighted by Gasteiger charge is 2.60. The minimum atomic E-state index is -3.54. The molecule has 1 aliphatic carbocycles. The van der Waals surface area contributed by atoms with E-state index < -0.39 is 15.1 Å². The monoisotopic (exact) mass is 385 g/mol. The first-order valence-electron chi connectivity index (χ1n) is 6.86. The van der Waals surface area contributed by atoms with Crippen LogP contribution in [0.4, 0.5) is 0 Å². The third kappa shape index (κ3) is 3.11. The van der Waals surface area contributed by atoms with Crippen LogP contribution < -0.4 is 5.73 Å². The van der Waals surface area contributed by atoms with E-state index in [0.29, 0.717) is 10.0 Å². The second-order valence-corrected chi connectivity index (χ2v) is 8.92. The summed E-state index contributed by atoms with van der Waals surface area (Å²) in [6.07, 6.45) is 0. The Morgan fingerprint density at radius 1 is 0.957 bits per heavy atom. The molecular formula is C16H13Cl2NO2S2. The smallest absolute Gasteiger partial charge is 0.182 e. The Balaban J connectivity index is 1.98. The second-order valence-electron chi connectivity index (χ2n) is 5.47. The molecule has 0 unspecified atom stereocenters. The first-order chi connectivity index (χ1) is 10.8. The maximum absolute atomic E-state index is 12.9. The van der Waals surface area contributed by atoms with E-state index in [-0.39, 0.29) is 21.7 Å². The maximum Gasteiger partial charge on any atom is 0.182 e. The zero-order valence-corrected chi connectivity index (χ0v) is 15.0. The van der Waals surface area contributed by atoms with Gasteiger partial charge in [-0.15, -0.1) is 0 Å². The Morgan fingerprint density at radius 2 is 1.43 bits per heavy atom.